The Morgan fingerprint density at radius 2 is 2.17 bits per heavy atom. The Bertz CT molecular complexity index is 629. The first kappa shape index (κ1) is 17.5. The molecule has 24 heavy (non-hydrogen) atoms. The van der Waals surface area contributed by atoms with Crippen molar-refractivity contribution in [2.75, 3.05) is 33.1 Å². The smallest absolute Gasteiger partial charge is 0.231 e. The van der Waals surface area contributed by atoms with Crippen LogP contribution in [0, 0.1) is 0 Å². The second kappa shape index (κ2) is 8.65. The topological polar surface area (TPSA) is 51.4 Å². The zero-order valence-corrected chi connectivity index (χ0v) is 15.2. The number of piperidine rings is 1. The molecule has 1 aliphatic heterocycles. The van der Waals surface area contributed by atoms with E-state index in [1.54, 1.807) is 18.9 Å². The predicted octanol–water partition coefficient (Wildman–Crippen LogP) is 3.36. The van der Waals surface area contributed by atoms with Gasteiger partial charge in [0, 0.05) is 31.5 Å². The maximum absolute atomic E-state index is 5.48. The van der Waals surface area contributed by atoms with Crippen molar-refractivity contribution in [1.29, 1.82) is 0 Å². The molecule has 3 rings (SSSR count). The summed E-state index contributed by atoms with van der Waals surface area (Å²) >= 11 is 1.78. The van der Waals surface area contributed by atoms with E-state index in [1.165, 1.54) is 16.9 Å². The van der Waals surface area contributed by atoms with Crippen molar-refractivity contribution >= 4 is 11.8 Å². The summed E-state index contributed by atoms with van der Waals surface area (Å²) in [5, 5.41) is 4.07. The molecule has 1 aromatic carbocycles. The molecule has 5 nitrogen and oxygen atoms in total. The highest BCUT2D eigenvalue weighted by Gasteiger charge is 2.26. The van der Waals surface area contributed by atoms with Gasteiger partial charge < -0.3 is 9.26 Å². The summed E-state index contributed by atoms with van der Waals surface area (Å²) < 4.78 is 10.6. The summed E-state index contributed by atoms with van der Waals surface area (Å²) in [6.45, 7) is 3.72. The highest BCUT2D eigenvalue weighted by atomic mass is 32.2. The molecule has 1 aliphatic rings. The molecule has 1 fully saturated rings. The van der Waals surface area contributed by atoms with Gasteiger partial charge in [-0.1, -0.05) is 17.3 Å². The van der Waals surface area contributed by atoms with Gasteiger partial charge in [0.2, 0.25) is 5.89 Å². The SMILES string of the molecule is COCCc1noc([C@@H]2CCCN(Cc3ccc(SC)cc3)C2)n1. The fourth-order valence-corrected chi connectivity index (χ4v) is 3.53. The largest absolute Gasteiger partial charge is 0.384 e. The van der Waals surface area contributed by atoms with Crippen LogP contribution in [0.25, 0.3) is 0 Å². The van der Waals surface area contributed by atoms with Gasteiger partial charge in [0.1, 0.15) is 0 Å². The molecule has 1 aromatic heterocycles. The van der Waals surface area contributed by atoms with Gasteiger partial charge in [-0.2, -0.15) is 4.98 Å². The average molecular weight is 347 g/mol. The molecule has 0 radical (unpaired) electrons. The van der Waals surface area contributed by atoms with E-state index in [2.05, 4.69) is 45.6 Å². The van der Waals surface area contributed by atoms with Gasteiger partial charge in [0.05, 0.1) is 12.5 Å². The predicted molar refractivity (Wildman–Crippen MR) is 95.4 cm³/mol. The van der Waals surface area contributed by atoms with Crippen LogP contribution in [0.1, 0.15) is 36.0 Å². The van der Waals surface area contributed by atoms with E-state index >= 15 is 0 Å². The second-order valence-electron chi connectivity index (χ2n) is 6.21. The number of hydrogen-bond donors (Lipinski definition) is 0. The van der Waals surface area contributed by atoms with E-state index in [9.17, 15) is 0 Å². The molecule has 2 aromatic rings. The molecule has 0 amide bonds. The van der Waals surface area contributed by atoms with E-state index in [0.717, 1.165) is 37.8 Å². The summed E-state index contributed by atoms with van der Waals surface area (Å²) in [4.78, 5) is 8.35. The number of rotatable bonds is 7. The molecular weight excluding hydrogens is 322 g/mol. The van der Waals surface area contributed by atoms with Crippen LogP contribution in [-0.4, -0.2) is 48.1 Å². The normalized spacial score (nSPS) is 18.8. The van der Waals surface area contributed by atoms with E-state index in [4.69, 9.17) is 9.26 Å². The molecule has 0 spiro atoms. The molecule has 1 saturated heterocycles. The summed E-state index contributed by atoms with van der Waals surface area (Å²) in [6, 6.07) is 8.85. The van der Waals surface area contributed by atoms with Crippen LogP contribution in [0.5, 0.6) is 0 Å². The van der Waals surface area contributed by atoms with Crippen LogP contribution in [0.2, 0.25) is 0 Å². The van der Waals surface area contributed by atoms with Crippen molar-refractivity contribution in [3.8, 4) is 0 Å². The molecule has 0 unspecified atom stereocenters. The first-order valence-corrected chi connectivity index (χ1v) is 9.67. The van der Waals surface area contributed by atoms with Crippen LogP contribution < -0.4 is 0 Å². The van der Waals surface area contributed by atoms with Gasteiger partial charge in [-0.15, -0.1) is 11.8 Å². The lowest BCUT2D eigenvalue weighted by Crippen LogP contribution is -2.34. The van der Waals surface area contributed by atoms with Gasteiger partial charge in [-0.05, 0) is 43.3 Å². The van der Waals surface area contributed by atoms with Crippen molar-refractivity contribution < 1.29 is 9.26 Å². The Morgan fingerprint density at radius 3 is 2.92 bits per heavy atom. The Kier molecular flexibility index (Phi) is 6.29. The van der Waals surface area contributed by atoms with Crippen LogP contribution in [-0.2, 0) is 17.7 Å². The third kappa shape index (κ3) is 4.59. The van der Waals surface area contributed by atoms with Crippen molar-refractivity contribution in [1.82, 2.24) is 15.0 Å². The summed E-state index contributed by atoms with van der Waals surface area (Å²) in [6.07, 6.45) is 5.10. The van der Waals surface area contributed by atoms with Gasteiger partial charge in [0.25, 0.3) is 0 Å². The van der Waals surface area contributed by atoms with Crippen LogP contribution in [0.3, 0.4) is 0 Å². The molecule has 0 bridgehead atoms. The number of thioether (sulfide) groups is 1. The maximum atomic E-state index is 5.48. The van der Waals surface area contributed by atoms with Crippen molar-refractivity contribution in [2.24, 2.45) is 0 Å². The Hall–Kier alpha value is -1.37. The molecule has 0 aliphatic carbocycles. The molecule has 2 heterocycles. The van der Waals surface area contributed by atoms with E-state index in [1.807, 2.05) is 0 Å². The maximum Gasteiger partial charge on any atom is 0.231 e. The first-order chi connectivity index (χ1) is 11.8. The minimum atomic E-state index is 0.341. The molecule has 6 heteroatoms. The van der Waals surface area contributed by atoms with Gasteiger partial charge in [-0.3, -0.25) is 4.90 Å². The molecule has 0 N–H and O–H groups in total. The molecule has 130 valence electrons. The number of likely N-dealkylation sites (tertiary alicyclic amines) is 1. The first-order valence-electron chi connectivity index (χ1n) is 8.45. The Morgan fingerprint density at radius 1 is 1.33 bits per heavy atom. The zero-order valence-electron chi connectivity index (χ0n) is 14.4. The van der Waals surface area contributed by atoms with Gasteiger partial charge >= 0.3 is 0 Å². The summed E-state index contributed by atoms with van der Waals surface area (Å²) in [5.74, 6) is 1.87. The van der Waals surface area contributed by atoms with E-state index in [0.29, 0.717) is 18.9 Å². The minimum absolute atomic E-state index is 0.341. The van der Waals surface area contributed by atoms with Gasteiger partial charge in [0.15, 0.2) is 5.82 Å². The molecule has 1 atom stereocenters. The number of benzene rings is 1. The molecule has 0 saturated carbocycles. The van der Waals surface area contributed by atoms with Crippen molar-refractivity contribution in [3.05, 3.63) is 41.5 Å². The third-order valence-corrected chi connectivity index (χ3v) is 5.18. The van der Waals surface area contributed by atoms with Crippen LogP contribution in [0.4, 0.5) is 0 Å². The lowest BCUT2D eigenvalue weighted by Gasteiger charge is -2.30. The van der Waals surface area contributed by atoms with E-state index < -0.39 is 0 Å². The number of methoxy groups -OCH3 is 1. The Balaban J connectivity index is 1.58. The number of nitrogens with zero attached hydrogens (tertiary/aromatic N) is 3. The fraction of sp³-hybridized carbons (Fsp3) is 0.556. The second-order valence-corrected chi connectivity index (χ2v) is 7.09. The number of hydrogen-bond acceptors (Lipinski definition) is 6. The highest BCUT2D eigenvalue weighted by Crippen LogP contribution is 2.27. The van der Waals surface area contributed by atoms with Crippen LogP contribution >= 0.6 is 11.8 Å². The summed E-state index contributed by atoms with van der Waals surface area (Å²) in [5.41, 5.74) is 1.36. The van der Waals surface area contributed by atoms with Crippen molar-refractivity contribution in [2.45, 2.75) is 36.6 Å². The zero-order chi connectivity index (χ0) is 16.8. The average Bonchev–Trinajstić information content (AvgIpc) is 3.10. The fourth-order valence-electron chi connectivity index (χ4n) is 3.12. The third-order valence-electron chi connectivity index (χ3n) is 4.43. The minimum Gasteiger partial charge on any atom is -0.384 e. The highest BCUT2D eigenvalue weighted by molar-refractivity contribution is 7.98. The Labute approximate surface area is 147 Å². The standard InChI is InChI=1S/C18H25N3O2S/c1-22-11-9-17-19-18(23-20-17)15-4-3-10-21(13-15)12-14-5-7-16(24-2)8-6-14/h5-8,15H,3-4,9-13H2,1-2H3/t15-/m1/s1. The van der Waals surface area contributed by atoms with E-state index in [-0.39, 0.29) is 0 Å². The van der Waals surface area contributed by atoms with Crippen LogP contribution in [0.15, 0.2) is 33.7 Å². The quantitative estimate of drug-likeness (QED) is 0.716. The lowest BCUT2D eigenvalue weighted by atomic mass is 9.97. The van der Waals surface area contributed by atoms with Gasteiger partial charge in [-0.25, -0.2) is 0 Å². The lowest BCUT2D eigenvalue weighted by molar-refractivity contribution is 0.180. The number of aromatic nitrogens is 2. The summed E-state index contributed by atoms with van der Waals surface area (Å²) in [7, 11) is 1.69. The molecular formula is C18H25N3O2S. The number of ether oxygens (including phenoxy) is 1. The monoisotopic (exact) mass is 347 g/mol. The van der Waals surface area contributed by atoms with Crippen molar-refractivity contribution in [3.63, 3.8) is 0 Å².